The van der Waals surface area contributed by atoms with Crippen molar-refractivity contribution in [2.75, 3.05) is 18.1 Å². The van der Waals surface area contributed by atoms with Crippen LogP contribution in [0.3, 0.4) is 0 Å². The van der Waals surface area contributed by atoms with Gasteiger partial charge in [-0.2, -0.15) is 8.42 Å². The van der Waals surface area contributed by atoms with Gasteiger partial charge in [0.05, 0.1) is 17.5 Å². The standard InChI is InChI=1S/C10H15NO4S4/c1-3-5-11-9(12)8(2)18-10(16)17-6-4-7-19(13,14)15/h1,8H,4-7H2,2H3,(H,11,12)(H,13,14,15). The van der Waals surface area contributed by atoms with E-state index >= 15 is 0 Å². The number of thiocarbonyl (C=S) groups is 1. The summed E-state index contributed by atoms with van der Waals surface area (Å²) in [5.41, 5.74) is 0. The fourth-order valence-electron chi connectivity index (χ4n) is 0.911. The van der Waals surface area contributed by atoms with Crippen molar-refractivity contribution in [1.82, 2.24) is 5.32 Å². The zero-order chi connectivity index (χ0) is 14.9. The molecule has 0 heterocycles. The van der Waals surface area contributed by atoms with E-state index < -0.39 is 10.1 Å². The van der Waals surface area contributed by atoms with Crippen LogP contribution in [0, 0.1) is 12.3 Å². The molecular weight excluding hydrogens is 326 g/mol. The predicted molar refractivity (Wildman–Crippen MR) is 85.0 cm³/mol. The summed E-state index contributed by atoms with van der Waals surface area (Å²) >= 11 is 7.57. The minimum absolute atomic E-state index is 0.179. The predicted octanol–water partition coefficient (Wildman–Crippen LogP) is 1.15. The van der Waals surface area contributed by atoms with Crippen LogP contribution in [-0.2, 0) is 14.9 Å². The molecule has 9 heteroatoms. The van der Waals surface area contributed by atoms with Crippen LogP contribution in [-0.4, -0.2) is 45.7 Å². The lowest BCUT2D eigenvalue weighted by atomic mass is 10.4. The Morgan fingerprint density at radius 3 is 2.74 bits per heavy atom. The van der Waals surface area contributed by atoms with Gasteiger partial charge < -0.3 is 5.32 Å². The van der Waals surface area contributed by atoms with Gasteiger partial charge in [-0.1, -0.05) is 29.9 Å². The highest BCUT2D eigenvalue weighted by molar-refractivity contribution is 8.47. The topological polar surface area (TPSA) is 83.5 Å². The molecule has 0 aliphatic heterocycles. The highest BCUT2D eigenvalue weighted by Crippen LogP contribution is 2.22. The summed E-state index contributed by atoms with van der Waals surface area (Å²) in [6.07, 6.45) is 5.33. The molecule has 0 rings (SSSR count). The molecule has 1 amide bonds. The minimum atomic E-state index is -3.92. The van der Waals surface area contributed by atoms with Crippen molar-refractivity contribution >= 4 is 55.3 Å². The first-order chi connectivity index (χ1) is 8.76. The number of hydrogen-bond donors (Lipinski definition) is 2. The van der Waals surface area contributed by atoms with Crippen molar-refractivity contribution in [3.05, 3.63) is 0 Å². The number of carbonyl (C=O) groups excluding carboxylic acids is 1. The molecule has 0 saturated heterocycles. The first kappa shape index (κ1) is 18.7. The average Bonchev–Trinajstić information content (AvgIpc) is 2.30. The summed E-state index contributed by atoms with van der Waals surface area (Å²) in [4.78, 5) is 11.5. The third-order valence-electron chi connectivity index (χ3n) is 1.77. The maximum absolute atomic E-state index is 11.5. The van der Waals surface area contributed by atoms with Gasteiger partial charge in [0, 0.05) is 5.75 Å². The van der Waals surface area contributed by atoms with Gasteiger partial charge in [-0.25, -0.2) is 0 Å². The smallest absolute Gasteiger partial charge is 0.264 e. The SMILES string of the molecule is C#CCNC(=O)C(C)SC(=S)SCCCS(=O)(=O)O. The van der Waals surface area contributed by atoms with Crippen molar-refractivity contribution in [1.29, 1.82) is 0 Å². The molecular formula is C10H15NO4S4. The number of amides is 1. The Kier molecular flexibility index (Phi) is 9.47. The Bertz CT molecular complexity index is 455. The second-order valence-corrected chi connectivity index (χ2v) is 8.63. The van der Waals surface area contributed by atoms with Crippen LogP contribution in [0.25, 0.3) is 0 Å². The quantitative estimate of drug-likeness (QED) is 0.311. The Hall–Kier alpha value is -0.270. The summed E-state index contributed by atoms with van der Waals surface area (Å²) in [6.45, 7) is 1.89. The molecule has 0 aromatic rings. The number of rotatable bonds is 7. The molecule has 0 saturated carbocycles. The highest BCUT2D eigenvalue weighted by Gasteiger charge is 2.15. The van der Waals surface area contributed by atoms with Crippen LogP contribution in [0.1, 0.15) is 13.3 Å². The summed E-state index contributed by atoms with van der Waals surface area (Å²) in [5.74, 6) is 2.30. The Morgan fingerprint density at radius 1 is 1.58 bits per heavy atom. The van der Waals surface area contributed by atoms with Crippen LogP contribution >= 0.6 is 35.7 Å². The number of thioether (sulfide) groups is 2. The lowest BCUT2D eigenvalue weighted by Crippen LogP contribution is -2.31. The van der Waals surface area contributed by atoms with Crippen LogP contribution in [0.4, 0.5) is 0 Å². The van der Waals surface area contributed by atoms with E-state index in [-0.39, 0.29) is 23.5 Å². The number of nitrogens with one attached hydrogen (secondary N) is 1. The van der Waals surface area contributed by atoms with Crippen molar-refractivity contribution in [2.45, 2.75) is 18.6 Å². The van der Waals surface area contributed by atoms with Gasteiger partial charge in [-0.05, 0) is 13.3 Å². The molecule has 0 bridgehead atoms. The molecule has 2 N–H and O–H groups in total. The molecule has 0 spiro atoms. The maximum Gasteiger partial charge on any atom is 0.264 e. The fourth-order valence-corrected chi connectivity index (χ4v) is 4.18. The second-order valence-electron chi connectivity index (χ2n) is 3.42. The summed E-state index contributed by atoms with van der Waals surface area (Å²) in [7, 11) is -3.92. The van der Waals surface area contributed by atoms with Crippen molar-refractivity contribution < 1.29 is 17.8 Å². The highest BCUT2D eigenvalue weighted by atomic mass is 32.2. The molecule has 5 nitrogen and oxygen atoms in total. The van der Waals surface area contributed by atoms with Crippen LogP contribution in [0.5, 0.6) is 0 Å². The number of hydrogen-bond acceptors (Lipinski definition) is 6. The van der Waals surface area contributed by atoms with Gasteiger partial charge in [-0.15, -0.1) is 18.2 Å². The lowest BCUT2D eigenvalue weighted by molar-refractivity contribution is -0.120. The first-order valence-corrected chi connectivity index (χ1v) is 9.14. The molecule has 108 valence electrons. The second kappa shape index (κ2) is 9.61. The zero-order valence-corrected chi connectivity index (χ0v) is 13.6. The van der Waals surface area contributed by atoms with Gasteiger partial charge >= 0.3 is 0 Å². The van der Waals surface area contributed by atoms with Crippen molar-refractivity contribution in [3.8, 4) is 12.3 Å². The third kappa shape index (κ3) is 11.3. The van der Waals surface area contributed by atoms with Gasteiger partial charge in [0.1, 0.15) is 3.53 Å². The van der Waals surface area contributed by atoms with Gasteiger partial charge in [0.15, 0.2) is 0 Å². The largest absolute Gasteiger partial charge is 0.344 e. The molecule has 19 heavy (non-hydrogen) atoms. The third-order valence-corrected chi connectivity index (χ3v) is 5.35. The van der Waals surface area contributed by atoms with Crippen LogP contribution in [0.2, 0.25) is 0 Å². The molecule has 1 atom stereocenters. The normalized spacial score (nSPS) is 12.5. The van der Waals surface area contributed by atoms with Gasteiger partial charge in [0.25, 0.3) is 10.1 Å². The van der Waals surface area contributed by atoms with E-state index in [0.717, 1.165) is 0 Å². The summed E-state index contributed by atoms with van der Waals surface area (Å²) < 4.78 is 30.1. The lowest BCUT2D eigenvalue weighted by Gasteiger charge is -2.10. The molecule has 0 aromatic heterocycles. The Balaban J connectivity index is 3.86. The minimum Gasteiger partial charge on any atom is -0.344 e. The summed E-state index contributed by atoms with van der Waals surface area (Å²) in [5, 5.41) is 2.20. The van der Waals surface area contributed by atoms with E-state index in [1.807, 2.05) is 0 Å². The zero-order valence-electron chi connectivity index (χ0n) is 10.3. The van der Waals surface area contributed by atoms with Gasteiger partial charge in [0.2, 0.25) is 5.91 Å². The van der Waals surface area contributed by atoms with E-state index in [1.165, 1.54) is 23.5 Å². The maximum atomic E-state index is 11.5. The Morgan fingerprint density at radius 2 is 2.21 bits per heavy atom. The molecule has 0 radical (unpaired) electrons. The molecule has 0 fully saturated rings. The molecule has 0 aromatic carbocycles. The van der Waals surface area contributed by atoms with E-state index in [4.69, 9.17) is 23.2 Å². The molecule has 0 aliphatic carbocycles. The molecule has 0 aliphatic rings. The first-order valence-electron chi connectivity index (χ1n) is 5.26. The van der Waals surface area contributed by atoms with Crippen molar-refractivity contribution in [3.63, 3.8) is 0 Å². The monoisotopic (exact) mass is 341 g/mol. The molecule has 1 unspecified atom stereocenters. The van der Waals surface area contributed by atoms with Crippen LogP contribution in [0.15, 0.2) is 0 Å². The number of terminal acetylenes is 1. The van der Waals surface area contributed by atoms with Gasteiger partial charge in [-0.3, -0.25) is 9.35 Å². The van der Waals surface area contributed by atoms with E-state index in [2.05, 4.69) is 11.2 Å². The number of carbonyl (C=O) groups is 1. The summed E-state index contributed by atoms with van der Waals surface area (Å²) in [6, 6.07) is 0. The van der Waals surface area contributed by atoms with Crippen molar-refractivity contribution in [2.24, 2.45) is 0 Å². The fraction of sp³-hybridized carbons (Fsp3) is 0.600. The average molecular weight is 342 g/mol. The Labute approximate surface area is 127 Å². The van der Waals surface area contributed by atoms with E-state index in [0.29, 0.717) is 15.7 Å². The van der Waals surface area contributed by atoms with E-state index in [9.17, 15) is 13.2 Å². The van der Waals surface area contributed by atoms with E-state index in [1.54, 1.807) is 6.92 Å². The van der Waals surface area contributed by atoms with Crippen LogP contribution < -0.4 is 5.32 Å².